The SMILES string of the molecule is C=CCC1C=CC=C1c1ccccc1. The lowest BCUT2D eigenvalue weighted by molar-refractivity contribution is 0.867. The molecule has 0 heterocycles. The van der Waals surface area contributed by atoms with Crippen molar-refractivity contribution in [3.05, 3.63) is 66.8 Å². The Morgan fingerprint density at radius 2 is 2.00 bits per heavy atom. The van der Waals surface area contributed by atoms with Crippen LogP contribution < -0.4 is 0 Å². The summed E-state index contributed by atoms with van der Waals surface area (Å²) in [6.45, 7) is 3.79. The number of hydrogen-bond acceptors (Lipinski definition) is 0. The summed E-state index contributed by atoms with van der Waals surface area (Å²) in [5.41, 5.74) is 2.73. The second-order valence-corrected chi connectivity index (χ2v) is 3.50. The molecule has 0 radical (unpaired) electrons. The molecule has 70 valence electrons. The zero-order valence-corrected chi connectivity index (χ0v) is 8.19. The van der Waals surface area contributed by atoms with Gasteiger partial charge < -0.3 is 0 Å². The molecule has 0 heteroatoms. The van der Waals surface area contributed by atoms with E-state index >= 15 is 0 Å². The molecular formula is C14H14. The van der Waals surface area contributed by atoms with E-state index in [9.17, 15) is 0 Å². The number of benzene rings is 1. The van der Waals surface area contributed by atoms with E-state index in [1.807, 2.05) is 6.08 Å². The van der Waals surface area contributed by atoms with E-state index in [0.717, 1.165) is 6.42 Å². The molecule has 0 fully saturated rings. The van der Waals surface area contributed by atoms with Crippen LogP contribution in [-0.4, -0.2) is 0 Å². The number of allylic oxidation sites excluding steroid dienone is 5. The first-order valence-electron chi connectivity index (χ1n) is 4.96. The van der Waals surface area contributed by atoms with E-state index in [1.54, 1.807) is 0 Å². The maximum Gasteiger partial charge on any atom is 0.00614 e. The highest BCUT2D eigenvalue weighted by atomic mass is 14.2. The van der Waals surface area contributed by atoms with E-state index in [-0.39, 0.29) is 0 Å². The number of hydrogen-bond donors (Lipinski definition) is 0. The van der Waals surface area contributed by atoms with Crippen molar-refractivity contribution in [3.63, 3.8) is 0 Å². The summed E-state index contributed by atoms with van der Waals surface area (Å²) >= 11 is 0. The molecule has 0 nitrogen and oxygen atoms in total. The summed E-state index contributed by atoms with van der Waals surface area (Å²) in [5.74, 6) is 0.523. The predicted octanol–water partition coefficient (Wildman–Crippen LogP) is 3.83. The van der Waals surface area contributed by atoms with Gasteiger partial charge in [0, 0.05) is 5.92 Å². The Morgan fingerprint density at radius 3 is 2.71 bits per heavy atom. The number of rotatable bonds is 3. The van der Waals surface area contributed by atoms with Crippen LogP contribution in [0.25, 0.3) is 5.57 Å². The molecule has 0 saturated heterocycles. The molecule has 1 aliphatic carbocycles. The standard InChI is InChI=1S/C14H14/c1-2-7-12-10-6-11-14(12)13-8-4-3-5-9-13/h2-6,8-12H,1,7H2. The lowest BCUT2D eigenvalue weighted by Gasteiger charge is -2.11. The molecule has 1 unspecified atom stereocenters. The van der Waals surface area contributed by atoms with Crippen LogP contribution in [0.5, 0.6) is 0 Å². The van der Waals surface area contributed by atoms with Crippen molar-refractivity contribution in [1.29, 1.82) is 0 Å². The fourth-order valence-corrected chi connectivity index (χ4v) is 1.85. The molecule has 1 aromatic carbocycles. The minimum absolute atomic E-state index is 0.523. The van der Waals surface area contributed by atoms with Crippen LogP contribution in [0, 0.1) is 5.92 Å². The molecule has 0 saturated carbocycles. The van der Waals surface area contributed by atoms with Crippen molar-refractivity contribution in [2.24, 2.45) is 5.92 Å². The van der Waals surface area contributed by atoms with Gasteiger partial charge in [0.15, 0.2) is 0 Å². The lowest BCUT2D eigenvalue weighted by Crippen LogP contribution is -1.95. The zero-order valence-electron chi connectivity index (χ0n) is 8.19. The molecule has 0 bridgehead atoms. The van der Waals surface area contributed by atoms with E-state index in [4.69, 9.17) is 0 Å². The van der Waals surface area contributed by atoms with Crippen molar-refractivity contribution in [3.8, 4) is 0 Å². The third-order valence-electron chi connectivity index (χ3n) is 2.55. The van der Waals surface area contributed by atoms with E-state index in [0.29, 0.717) is 5.92 Å². The molecule has 1 atom stereocenters. The quantitative estimate of drug-likeness (QED) is 0.623. The van der Waals surface area contributed by atoms with Crippen molar-refractivity contribution in [1.82, 2.24) is 0 Å². The average molecular weight is 182 g/mol. The van der Waals surface area contributed by atoms with Crippen molar-refractivity contribution in [2.45, 2.75) is 6.42 Å². The van der Waals surface area contributed by atoms with Gasteiger partial charge in [-0.2, -0.15) is 0 Å². The Labute approximate surface area is 85.3 Å². The molecule has 0 N–H and O–H groups in total. The summed E-state index contributed by atoms with van der Waals surface area (Å²) in [6.07, 6.45) is 9.58. The first-order chi connectivity index (χ1) is 6.92. The van der Waals surface area contributed by atoms with Crippen molar-refractivity contribution >= 4 is 5.57 Å². The fourth-order valence-electron chi connectivity index (χ4n) is 1.85. The van der Waals surface area contributed by atoms with Crippen LogP contribution in [0.4, 0.5) is 0 Å². The average Bonchev–Trinajstić information content (AvgIpc) is 2.68. The van der Waals surface area contributed by atoms with Gasteiger partial charge in [-0.3, -0.25) is 0 Å². The largest absolute Gasteiger partial charge is 0.103 e. The molecule has 1 aromatic rings. The van der Waals surface area contributed by atoms with Crippen LogP contribution in [0.3, 0.4) is 0 Å². The van der Waals surface area contributed by atoms with Gasteiger partial charge >= 0.3 is 0 Å². The lowest BCUT2D eigenvalue weighted by atomic mass is 9.93. The van der Waals surface area contributed by atoms with Crippen LogP contribution in [0.2, 0.25) is 0 Å². The van der Waals surface area contributed by atoms with Gasteiger partial charge in [-0.05, 0) is 17.6 Å². The fraction of sp³-hybridized carbons (Fsp3) is 0.143. The molecular weight excluding hydrogens is 168 g/mol. The Morgan fingerprint density at radius 1 is 1.21 bits per heavy atom. The van der Waals surface area contributed by atoms with Crippen LogP contribution in [-0.2, 0) is 0 Å². The third-order valence-corrected chi connectivity index (χ3v) is 2.55. The van der Waals surface area contributed by atoms with Crippen LogP contribution >= 0.6 is 0 Å². The Hall–Kier alpha value is -1.56. The Kier molecular flexibility index (Phi) is 2.64. The van der Waals surface area contributed by atoms with Gasteiger partial charge in [0.1, 0.15) is 0 Å². The highest BCUT2D eigenvalue weighted by Gasteiger charge is 2.14. The highest BCUT2D eigenvalue weighted by Crippen LogP contribution is 2.31. The van der Waals surface area contributed by atoms with Crippen molar-refractivity contribution < 1.29 is 0 Å². The second kappa shape index (κ2) is 4.10. The van der Waals surface area contributed by atoms with Gasteiger partial charge in [0.05, 0.1) is 0 Å². The summed E-state index contributed by atoms with van der Waals surface area (Å²) < 4.78 is 0. The smallest absolute Gasteiger partial charge is 0.00614 e. The maximum atomic E-state index is 3.79. The van der Waals surface area contributed by atoms with E-state index in [1.165, 1.54) is 11.1 Å². The first-order valence-corrected chi connectivity index (χ1v) is 4.96. The summed E-state index contributed by atoms with van der Waals surface area (Å²) in [6, 6.07) is 10.5. The topological polar surface area (TPSA) is 0 Å². The highest BCUT2D eigenvalue weighted by molar-refractivity contribution is 5.73. The summed E-state index contributed by atoms with van der Waals surface area (Å²) in [5, 5.41) is 0. The van der Waals surface area contributed by atoms with Crippen LogP contribution in [0.1, 0.15) is 12.0 Å². The molecule has 2 rings (SSSR count). The molecule has 0 spiro atoms. The van der Waals surface area contributed by atoms with E-state index in [2.05, 4.69) is 55.1 Å². The molecule has 14 heavy (non-hydrogen) atoms. The van der Waals surface area contributed by atoms with Gasteiger partial charge in [-0.1, -0.05) is 54.6 Å². The minimum atomic E-state index is 0.523. The maximum absolute atomic E-state index is 3.79. The van der Waals surface area contributed by atoms with Gasteiger partial charge in [0.2, 0.25) is 0 Å². The van der Waals surface area contributed by atoms with Crippen molar-refractivity contribution in [2.75, 3.05) is 0 Å². The molecule has 1 aliphatic rings. The Bertz CT molecular complexity index is 368. The zero-order chi connectivity index (χ0) is 9.80. The minimum Gasteiger partial charge on any atom is -0.103 e. The molecule has 0 aliphatic heterocycles. The molecule has 0 aromatic heterocycles. The monoisotopic (exact) mass is 182 g/mol. The molecule has 0 amide bonds. The first kappa shape index (κ1) is 9.01. The van der Waals surface area contributed by atoms with Gasteiger partial charge in [-0.15, -0.1) is 6.58 Å². The second-order valence-electron chi connectivity index (χ2n) is 3.50. The predicted molar refractivity (Wildman–Crippen MR) is 61.9 cm³/mol. The van der Waals surface area contributed by atoms with E-state index < -0.39 is 0 Å². The normalized spacial score (nSPS) is 19.4. The Balaban J connectivity index is 2.24. The summed E-state index contributed by atoms with van der Waals surface area (Å²) in [7, 11) is 0. The van der Waals surface area contributed by atoms with Crippen LogP contribution in [0.15, 0.2) is 61.2 Å². The van der Waals surface area contributed by atoms with Gasteiger partial charge in [0.25, 0.3) is 0 Å². The van der Waals surface area contributed by atoms with Gasteiger partial charge in [-0.25, -0.2) is 0 Å². The third kappa shape index (κ3) is 1.69. The summed E-state index contributed by atoms with van der Waals surface area (Å²) in [4.78, 5) is 0.